The van der Waals surface area contributed by atoms with E-state index in [9.17, 15) is 4.79 Å². The van der Waals surface area contributed by atoms with Crippen LogP contribution < -0.4 is 0 Å². The minimum atomic E-state index is -1.39. The molecule has 0 atom stereocenters. The molecule has 0 aliphatic heterocycles. The maximum atomic E-state index is 13.7. The number of carbonyl (C=O) groups is 1. The number of hydrogen-bond donors (Lipinski definition) is 0. The van der Waals surface area contributed by atoms with E-state index < -0.39 is 5.79 Å². The van der Waals surface area contributed by atoms with Gasteiger partial charge in [0.05, 0.1) is 13.2 Å². The highest BCUT2D eigenvalue weighted by Crippen LogP contribution is 2.32. The number of hydrogen-bond acceptors (Lipinski definition) is 3. The molecule has 0 aromatic heterocycles. The third kappa shape index (κ3) is 7.09. The predicted octanol–water partition coefficient (Wildman–Crippen LogP) is 6.92. The van der Waals surface area contributed by atoms with Crippen LogP contribution in [0.25, 0.3) is 0 Å². The van der Waals surface area contributed by atoms with E-state index in [4.69, 9.17) is 9.47 Å². The van der Waals surface area contributed by atoms with Gasteiger partial charge in [0.1, 0.15) is 0 Å². The molecule has 0 heterocycles. The van der Waals surface area contributed by atoms with Gasteiger partial charge in [-0.25, -0.2) is 0 Å². The van der Waals surface area contributed by atoms with Crippen molar-refractivity contribution in [3.8, 4) is 0 Å². The van der Waals surface area contributed by atoms with Crippen molar-refractivity contribution >= 4 is 5.78 Å². The summed E-state index contributed by atoms with van der Waals surface area (Å²) < 4.78 is 12.6. The Morgan fingerprint density at radius 2 is 1.17 bits per heavy atom. The van der Waals surface area contributed by atoms with E-state index in [-0.39, 0.29) is 5.78 Å². The number of ketones is 1. The fourth-order valence-corrected chi connectivity index (χ4v) is 3.40. The Kier molecular flexibility index (Phi) is 10.7. The van der Waals surface area contributed by atoms with Crippen LogP contribution in [0, 0.1) is 0 Å². The molecule has 0 spiro atoms. The maximum absolute atomic E-state index is 13.7. The summed E-state index contributed by atoms with van der Waals surface area (Å²) in [7, 11) is 0. The van der Waals surface area contributed by atoms with Gasteiger partial charge in [-0.2, -0.15) is 0 Å². The first-order valence-electron chi connectivity index (χ1n) is 11.2. The molecule has 0 amide bonds. The van der Waals surface area contributed by atoms with Gasteiger partial charge in [0, 0.05) is 11.1 Å². The Bertz CT molecular complexity index is 668. The van der Waals surface area contributed by atoms with Gasteiger partial charge in [-0.3, -0.25) is 4.79 Å². The predicted molar refractivity (Wildman–Crippen MR) is 119 cm³/mol. The molecule has 0 unspecified atom stereocenters. The fraction of sp³-hybridized carbons (Fsp3) is 0.500. The highest BCUT2D eigenvalue weighted by molar-refractivity contribution is 6.02. The van der Waals surface area contributed by atoms with Crippen LogP contribution in [0.15, 0.2) is 60.7 Å². The zero-order valence-corrected chi connectivity index (χ0v) is 18.1. The normalized spacial score (nSPS) is 11.5. The average Bonchev–Trinajstić information content (AvgIpc) is 2.78. The molecule has 3 heteroatoms. The highest BCUT2D eigenvalue weighted by Gasteiger charge is 2.43. The van der Waals surface area contributed by atoms with Crippen molar-refractivity contribution in [3.05, 3.63) is 71.8 Å². The lowest BCUT2D eigenvalue weighted by atomic mass is 9.95. The van der Waals surface area contributed by atoms with Crippen LogP contribution in [0.3, 0.4) is 0 Å². The van der Waals surface area contributed by atoms with Crippen molar-refractivity contribution in [2.24, 2.45) is 0 Å². The van der Waals surface area contributed by atoms with E-state index in [0.717, 1.165) is 31.2 Å². The summed E-state index contributed by atoms with van der Waals surface area (Å²) in [6.45, 7) is 5.38. The van der Waals surface area contributed by atoms with E-state index >= 15 is 0 Å². The number of unbranched alkanes of at least 4 members (excludes halogenated alkanes) is 6. The lowest BCUT2D eigenvalue weighted by Crippen LogP contribution is -2.42. The Labute approximate surface area is 176 Å². The summed E-state index contributed by atoms with van der Waals surface area (Å²) in [5.74, 6) is -1.52. The van der Waals surface area contributed by atoms with Gasteiger partial charge in [0.25, 0.3) is 5.79 Å². The third-order valence-electron chi connectivity index (χ3n) is 5.10. The van der Waals surface area contributed by atoms with E-state index in [1.165, 1.54) is 25.7 Å². The van der Waals surface area contributed by atoms with Crippen molar-refractivity contribution in [3.63, 3.8) is 0 Å². The standard InChI is InChI=1S/C26H36O3/c1-3-5-7-15-21-28-26(24-19-13-10-14-20-24,29-22-16-8-6-4-2)25(27)23-17-11-9-12-18-23/h9-14,17-20H,3-8,15-16,21-22H2,1-2H3. The van der Waals surface area contributed by atoms with Crippen molar-refractivity contribution in [1.29, 1.82) is 0 Å². The molecular weight excluding hydrogens is 360 g/mol. The summed E-state index contributed by atoms with van der Waals surface area (Å²) in [6.07, 6.45) is 8.71. The van der Waals surface area contributed by atoms with Gasteiger partial charge in [-0.1, -0.05) is 113 Å². The molecule has 0 radical (unpaired) electrons. The molecule has 0 N–H and O–H groups in total. The average molecular weight is 397 g/mol. The zero-order chi connectivity index (χ0) is 20.8. The number of carbonyl (C=O) groups excluding carboxylic acids is 1. The minimum Gasteiger partial charge on any atom is -0.340 e. The van der Waals surface area contributed by atoms with E-state index in [0.29, 0.717) is 18.8 Å². The Morgan fingerprint density at radius 1 is 0.690 bits per heavy atom. The summed E-state index contributed by atoms with van der Waals surface area (Å²) in [5.41, 5.74) is 1.37. The van der Waals surface area contributed by atoms with E-state index in [2.05, 4.69) is 13.8 Å². The second kappa shape index (κ2) is 13.3. The third-order valence-corrected chi connectivity index (χ3v) is 5.10. The van der Waals surface area contributed by atoms with Crippen LogP contribution in [0.5, 0.6) is 0 Å². The lowest BCUT2D eigenvalue weighted by Gasteiger charge is -2.33. The Morgan fingerprint density at radius 3 is 1.66 bits per heavy atom. The van der Waals surface area contributed by atoms with Gasteiger partial charge in [0.15, 0.2) is 0 Å². The maximum Gasteiger partial charge on any atom is 0.261 e. The molecule has 0 bridgehead atoms. The first-order chi connectivity index (χ1) is 14.2. The lowest BCUT2D eigenvalue weighted by molar-refractivity contribution is -0.211. The molecular formula is C26H36O3. The molecule has 29 heavy (non-hydrogen) atoms. The summed E-state index contributed by atoms with van der Waals surface area (Å²) in [6, 6.07) is 19.0. The Balaban J connectivity index is 2.28. The number of benzene rings is 2. The van der Waals surface area contributed by atoms with Crippen LogP contribution in [-0.4, -0.2) is 19.0 Å². The van der Waals surface area contributed by atoms with Crippen LogP contribution in [0.1, 0.15) is 81.1 Å². The van der Waals surface area contributed by atoms with Gasteiger partial charge < -0.3 is 9.47 Å². The quantitative estimate of drug-likeness (QED) is 0.186. The molecule has 2 aromatic carbocycles. The topological polar surface area (TPSA) is 35.5 Å². The van der Waals surface area contributed by atoms with Crippen LogP contribution in [-0.2, 0) is 15.3 Å². The van der Waals surface area contributed by atoms with Crippen molar-refractivity contribution in [2.45, 2.75) is 71.0 Å². The van der Waals surface area contributed by atoms with Crippen LogP contribution in [0.2, 0.25) is 0 Å². The minimum absolute atomic E-state index is 0.129. The summed E-state index contributed by atoms with van der Waals surface area (Å²) >= 11 is 0. The molecule has 0 aliphatic rings. The van der Waals surface area contributed by atoms with E-state index in [1.807, 2.05) is 60.7 Å². The molecule has 3 nitrogen and oxygen atoms in total. The van der Waals surface area contributed by atoms with Gasteiger partial charge in [0.2, 0.25) is 5.78 Å². The van der Waals surface area contributed by atoms with E-state index in [1.54, 1.807) is 0 Å². The number of ether oxygens (including phenoxy) is 2. The molecule has 0 aliphatic carbocycles. The van der Waals surface area contributed by atoms with Crippen molar-refractivity contribution in [2.75, 3.05) is 13.2 Å². The smallest absolute Gasteiger partial charge is 0.261 e. The first-order valence-corrected chi connectivity index (χ1v) is 11.2. The van der Waals surface area contributed by atoms with Crippen molar-refractivity contribution < 1.29 is 14.3 Å². The monoisotopic (exact) mass is 396 g/mol. The second-order valence-corrected chi connectivity index (χ2v) is 7.50. The molecule has 158 valence electrons. The fourth-order valence-electron chi connectivity index (χ4n) is 3.40. The molecule has 0 saturated heterocycles. The molecule has 2 rings (SSSR count). The van der Waals surface area contributed by atoms with Crippen LogP contribution >= 0.6 is 0 Å². The zero-order valence-electron chi connectivity index (χ0n) is 18.1. The summed E-state index contributed by atoms with van der Waals surface area (Å²) in [5, 5.41) is 0. The second-order valence-electron chi connectivity index (χ2n) is 7.50. The number of Topliss-reactive ketones (excluding diaryl/α,β-unsaturated/α-hetero) is 1. The Hall–Kier alpha value is -1.97. The molecule has 0 fully saturated rings. The molecule has 0 saturated carbocycles. The number of rotatable bonds is 15. The summed E-state index contributed by atoms with van der Waals surface area (Å²) in [4.78, 5) is 13.7. The van der Waals surface area contributed by atoms with Gasteiger partial charge >= 0.3 is 0 Å². The van der Waals surface area contributed by atoms with Gasteiger partial charge in [-0.15, -0.1) is 0 Å². The highest BCUT2D eigenvalue weighted by atomic mass is 16.7. The first kappa shape index (κ1) is 23.3. The molecule has 2 aromatic rings. The SMILES string of the molecule is CCCCCCOC(OCCCCCC)(C(=O)c1ccccc1)c1ccccc1. The largest absolute Gasteiger partial charge is 0.340 e. The van der Waals surface area contributed by atoms with Crippen molar-refractivity contribution in [1.82, 2.24) is 0 Å². The van der Waals surface area contributed by atoms with Gasteiger partial charge in [-0.05, 0) is 12.8 Å². The van der Waals surface area contributed by atoms with Crippen LogP contribution in [0.4, 0.5) is 0 Å².